The first-order chi connectivity index (χ1) is 8.44. The van der Waals surface area contributed by atoms with E-state index in [1.165, 1.54) is 21.2 Å². The Morgan fingerprint density at radius 1 is 0.944 bits per heavy atom. The Hall–Kier alpha value is -0.363. The second kappa shape index (κ2) is 4.96. The Kier molecular flexibility index (Phi) is 3.87. The monoisotopic (exact) mass is 296 g/mol. The summed E-state index contributed by atoms with van der Waals surface area (Å²) in [4.78, 5) is 0. The van der Waals surface area contributed by atoms with Crippen molar-refractivity contribution in [3.63, 3.8) is 0 Å². The zero-order chi connectivity index (χ0) is 13.5. The van der Waals surface area contributed by atoms with Crippen molar-refractivity contribution in [2.45, 2.75) is 33.9 Å². The van der Waals surface area contributed by atoms with Crippen molar-refractivity contribution in [2.75, 3.05) is 0 Å². The summed E-state index contributed by atoms with van der Waals surface area (Å²) in [7, 11) is -0.887. The van der Waals surface area contributed by atoms with Crippen LogP contribution in [0.4, 0.5) is 0 Å². The van der Waals surface area contributed by atoms with Crippen LogP contribution >= 0.6 is 18.4 Å². The SMILES string of the molecule is CC1=C(C)[PH](c2ccccc2)([SiH](C)C)C(Cl)=C1C. The fourth-order valence-electron chi connectivity index (χ4n) is 3.27. The summed E-state index contributed by atoms with van der Waals surface area (Å²) >= 11 is 6.84. The zero-order valence-corrected chi connectivity index (χ0v) is 14.8. The first-order valence-corrected chi connectivity index (χ1v) is 13.0. The van der Waals surface area contributed by atoms with Gasteiger partial charge in [0.1, 0.15) is 0 Å². The molecule has 0 amide bonds. The molecular weight excluding hydrogens is 275 g/mol. The number of halogens is 1. The Bertz CT molecular complexity index is 505. The second-order valence-corrected chi connectivity index (χ2v) is 18.0. The van der Waals surface area contributed by atoms with Crippen LogP contribution < -0.4 is 5.30 Å². The average Bonchev–Trinajstić information content (AvgIpc) is 2.53. The van der Waals surface area contributed by atoms with E-state index < -0.39 is 15.3 Å². The maximum absolute atomic E-state index is 6.84. The predicted octanol–water partition coefficient (Wildman–Crippen LogP) is 4.82. The third-order valence-corrected chi connectivity index (χ3v) is 20.2. The van der Waals surface area contributed by atoms with Crippen LogP contribution in [0.2, 0.25) is 13.1 Å². The average molecular weight is 297 g/mol. The Labute approximate surface area is 118 Å². The molecule has 0 saturated carbocycles. The number of benzene rings is 1. The minimum absolute atomic E-state index is 0.887. The molecule has 2 rings (SSSR count). The van der Waals surface area contributed by atoms with E-state index in [9.17, 15) is 0 Å². The van der Waals surface area contributed by atoms with Crippen LogP contribution in [0.5, 0.6) is 0 Å². The fourth-order valence-corrected chi connectivity index (χ4v) is 19.5. The molecule has 0 atom stereocenters. The summed E-state index contributed by atoms with van der Waals surface area (Å²) in [5, 5.41) is 3.10. The predicted molar refractivity (Wildman–Crippen MR) is 90.2 cm³/mol. The van der Waals surface area contributed by atoms with Crippen molar-refractivity contribution in [3.05, 3.63) is 51.6 Å². The molecule has 3 heteroatoms. The van der Waals surface area contributed by atoms with Gasteiger partial charge in [0, 0.05) is 0 Å². The molecule has 0 fully saturated rings. The number of allylic oxidation sites excluding steroid dienone is 3. The van der Waals surface area contributed by atoms with E-state index in [2.05, 4.69) is 64.2 Å². The van der Waals surface area contributed by atoms with Gasteiger partial charge < -0.3 is 0 Å². The van der Waals surface area contributed by atoms with Gasteiger partial charge in [0.05, 0.1) is 0 Å². The molecule has 0 aliphatic carbocycles. The van der Waals surface area contributed by atoms with Crippen LogP contribution in [0.25, 0.3) is 0 Å². The zero-order valence-electron chi connectivity index (χ0n) is 11.8. The van der Waals surface area contributed by atoms with E-state index in [1.54, 1.807) is 5.31 Å². The van der Waals surface area contributed by atoms with Gasteiger partial charge in [-0.3, -0.25) is 0 Å². The van der Waals surface area contributed by atoms with Crippen LogP contribution in [-0.2, 0) is 0 Å². The van der Waals surface area contributed by atoms with Crippen LogP contribution in [0.15, 0.2) is 51.6 Å². The van der Waals surface area contributed by atoms with Gasteiger partial charge in [-0.25, -0.2) is 0 Å². The van der Waals surface area contributed by atoms with E-state index in [1.807, 2.05) is 0 Å². The quantitative estimate of drug-likeness (QED) is 0.542. The Balaban J connectivity index is 2.76. The summed E-state index contributed by atoms with van der Waals surface area (Å²) in [6.45, 7) is 9.90. The topological polar surface area (TPSA) is 0 Å². The number of hydrogen-bond donors (Lipinski definition) is 0. The van der Waals surface area contributed by atoms with Crippen LogP contribution in [0, 0.1) is 0 Å². The van der Waals surface area contributed by atoms with Crippen molar-refractivity contribution in [1.29, 1.82) is 0 Å². The fraction of sp³-hybridized carbons (Fsp3) is 0.333. The van der Waals surface area contributed by atoms with Crippen molar-refractivity contribution >= 4 is 32.2 Å². The molecule has 0 nitrogen and oxygen atoms in total. The molecule has 1 aliphatic rings. The van der Waals surface area contributed by atoms with Crippen LogP contribution in [0.3, 0.4) is 0 Å². The Morgan fingerprint density at radius 3 is 1.89 bits per heavy atom. The van der Waals surface area contributed by atoms with Gasteiger partial charge in [-0.1, -0.05) is 0 Å². The van der Waals surface area contributed by atoms with Gasteiger partial charge in [0.2, 0.25) is 0 Å². The molecule has 1 aromatic rings. The van der Waals surface area contributed by atoms with Gasteiger partial charge >= 0.3 is 118 Å². The molecule has 1 heterocycles. The van der Waals surface area contributed by atoms with E-state index in [0.29, 0.717) is 0 Å². The molecule has 0 aromatic heterocycles. The van der Waals surface area contributed by atoms with Gasteiger partial charge in [-0.15, -0.1) is 0 Å². The Morgan fingerprint density at radius 2 is 1.50 bits per heavy atom. The molecule has 0 spiro atoms. The molecule has 0 radical (unpaired) electrons. The minimum atomic E-state index is -1.76. The van der Waals surface area contributed by atoms with Gasteiger partial charge in [-0.2, -0.15) is 0 Å². The van der Waals surface area contributed by atoms with E-state index in [0.717, 1.165) is 0 Å². The molecule has 0 saturated heterocycles. The van der Waals surface area contributed by atoms with Crippen LogP contribution in [0.1, 0.15) is 20.8 Å². The van der Waals surface area contributed by atoms with Crippen molar-refractivity contribution in [1.82, 2.24) is 0 Å². The molecule has 0 bridgehead atoms. The molecule has 0 unspecified atom stereocenters. The van der Waals surface area contributed by atoms with Gasteiger partial charge in [0.25, 0.3) is 0 Å². The standard InChI is InChI=1S/C15H22ClPSi/c1-11-12(2)15(16)17(13(11)3,18(4)5)14-9-7-6-8-10-14/h6-10,17-18H,1-5H3. The van der Waals surface area contributed by atoms with Crippen molar-refractivity contribution in [3.8, 4) is 0 Å². The molecule has 18 heavy (non-hydrogen) atoms. The van der Waals surface area contributed by atoms with Crippen LogP contribution in [-0.4, -0.2) is 8.46 Å². The third kappa shape index (κ3) is 1.76. The summed E-state index contributed by atoms with van der Waals surface area (Å²) in [5.74, 6) is 0. The molecule has 98 valence electrons. The normalized spacial score (nSPS) is 20.8. The van der Waals surface area contributed by atoms with E-state index in [-0.39, 0.29) is 0 Å². The van der Waals surface area contributed by atoms with Gasteiger partial charge in [0.15, 0.2) is 0 Å². The van der Waals surface area contributed by atoms with E-state index in [4.69, 9.17) is 11.6 Å². The molecule has 1 aliphatic heterocycles. The first kappa shape index (κ1) is 14.1. The first-order valence-electron chi connectivity index (χ1n) is 6.54. The third-order valence-electron chi connectivity index (χ3n) is 4.49. The second-order valence-electron chi connectivity index (χ2n) is 5.52. The van der Waals surface area contributed by atoms with Crippen molar-refractivity contribution in [2.24, 2.45) is 0 Å². The summed E-state index contributed by atoms with van der Waals surface area (Å²) < 4.78 is 1.20. The number of hydrogen-bond acceptors (Lipinski definition) is 0. The molecular formula is C15H22ClPSi. The van der Waals surface area contributed by atoms with Gasteiger partial charge in [-0.05, 0) is 0 Å². The van der Waals surface area contributed by atoms with Crippen molar-refractivity contribution < 1.29 is 0 Å². The number of rotatable bonds is 2. The maximum atomic E-state index is 6.84. The van der Waals surface area contributed by atoms with E-state index >= 15 is 0 Å². The molecule has 1 aromatic carbocycles. The summed E-state index contributed by atoms with van der Waals surface area (Å²) in [6.07, 6.45) is 0. The molecule has 0 N–H and O–H groups in total. The summed E-state index contributed by atoms with van der Waals surface area (Å²) in [5.41, 5.74) is 2.78. The summed E-state index contributed by atoms with van der Waals surface area (Å²) in [6, 6.07) is 11.0.